The summed E-state index contributed by atoms with van der Waals surface area (Å²) in [5.74, 6) is -0.518. The first-order valence-corrected chi connectivity index (χ1v) is 3.32. The number of nitrogens with zero attached hydrogens (tertiary/aromatic N) is 1. The van der Waals surface area contributed by atoms with E-state index in [4.69, 9.17) is 11.6 Å². The van der Waals surface area contributed by atoms with Gasteiger partial charge in [-0.05, 0) is 12.1 Å². The van der Waals surface area contributed by atoms with Crippen LogP contribution in [0.5, 0.6) is 0 Å². The van der Waals surface area contributed by atoms with Gasteiger partial charge in [0.1, 0.15) is 0 Å². The van der Waals surface area contributed by atoms with Crippen molar-refractivity contribution in [3.05, 3.63) is 29.0 Å². The maximum atomic E-state index is 10.9. The molecule has 0 fully saturated rings. The fourth-order valence-electron chi connectivity index (χ4n) is 0.633. The summed E-state index contributed by atoms with van der Waals surface area (Å²) < 4.78 is 4.43. The number of ether oxygens (including phenoxy) is 1. The topological polar surface area (TPSA) is 39.2 Å². The maximum Gasteiger partial charge on any atom is 0.358 e. The van der Waals surface area contributed by atoms with Gasteiger partial charge in [0.15, 0.2) is 5.69 Å². The summed E-state index contributed by atoms with van der Waals surface area (Å²) in [5.41, 5.74) is 0.150. The minimum absolute atomic E-state index is 0.150. The minimum Gasteiger partial charge on any atom is -0.464 e. The predicted octanol–water partition coefficient (Wildman–Crippen LogP) is 1.52. The first-order chi connectivity index (χ1) is 5.25. The zero-order valence-electron chi connectivity index (χ0n) is 5.87. The summed E-state index contributed by atoms with van der Waals surface area (Å²) in [6.07, 6.45) is 1.48. The molecular weight excluding hydrogens is 166 g/mol. The number of esters is 1. The van der Waals surface area contributed by atoms with Gasteiger partial charge in [0.25, 0.3) is 0 Å². The molecule has 0 atom stereocenters. The average Bonchev–Trinajstić information content (AvgIpc) is 2.04. The van der Waals surface area contributed by atoms with Crippen molar-refractivity contribution >= 4 is 17.6 Å². The normalized spacial score (nSPS) is 9.27. The second-order valence-electron chi connectivity index (χ2n) is 1.83. The molecule has 11 heavy (non-hydrogen) atoms. The van der Waals surface area contributed by atoms with E-state index < -0.39 is 5.97 Å². The van der Waals surface area contributed by atoms with E-state index in [0.717, 1.165) is 0 Å². The molecule has 0 aliphatic rings. The Kier molecular flexibility index (Phi) is 2.44. The molecule has 0 spiro atoms. The second kappa shape index (κ2) is 3.34. The Balaban J connectivity index is 3.03. The Morgan fingerprint density at radius 3 is 3.00 bits per heavy atom. The second-order valence-corrected chi connectivity index (χ2v) is 2.23. The fraction of sp³-hybridized carbons (Fsp3) is 0.143. The summed E-state index contributed by atoms with van der Waals surface area (Å²) in [6.45, 7) is 0. The van der Waals surface area contributed by atoms with Gasteiger partial charge in [0.05, 0.1) is 12.1 Å². The fourth-order valence-corrected chi connectivity index (χ4v) is 0.831. The van der Waals surface area contributed by atoms with E-state index in [1.54, 1.807) is 12.1 Å². The molecule has 1 heterocycles. The lowest BCUT2D eigenvalue weighted by molar-refractivity contribution is 0.0594. The van der Waals surface area contributed by atoms with E-state index in [1.807, 2.05) is 0 Å². The van der Waals surface area contributed by atoms with Gasteiger partial charge in [-0.3, -0.25) is 0 Å². The van der Waals surface area contributed by atoms with Crippen LogP contribution in [0.3, 0.4) is 0 Å². The van der Waals surface area contributed by atoms with Gasteiger partial charge in [-0.1, -0.05) is 11.6 Å². The molecule has 0 N–H and O–H groups in total. The highest BCUT2D eigenvalue weighted by atomic mass is 35.5. The molecule has 1 rings (SSSR count). The average molecular weight is 172 g/mol. The number of carbonyl (C=O) groups is 1. The van der Waals surface area contributed by atoms with Crippen LogP contribution in [0.25, 0.3) is 0 Å². The summed E-state index contributed by atoms with van der Waals surface area (Å²) in [5, 5.41) is 0.305. The molecule has 1 aromatic rings. The highest BCUT2D eigenvalue weighted by molar-refractivity contribution is 6.33. The quantitative estimate of drug-likeness (QED) is 0.602. The van der Waals surface area contributed by atoms with Crippen LogP contribution in [-0.2, 0) is 4.74 Å². The van der Waals surface area contributed by atoms with Crippen molar-refractivity contribution in [3.63, 3.8) is 0 Å². The maximum absolute atomic E-state index is 10.9. The molecule has 4 heteroatoms. The zero-order valence-corrected chi connectivity index (χ0v) is 6.63. The van der Waals surface area contributed by atoms with Gasteiger partial charge in [-0.2, -0.15) is 0 Å². The van der Waals surface area contributed by atoms with Crippen LogP contribution in [0.2, 0.25) is 5.02 Å². The number of halogens is 1. The Morgan fingerprint density at radius 1 is 1.73 bits per heavy atom. The van der Waals surface area contributed by atoms with Crippen LogP contribution in [0.4, 0.5) is 0 Å². The molecule has 0 amide bonds. The Labute approximate surface area is 69.0 Å². The van der Waals surface area contributed by atoms with Crippen molar-refractivity contribution in [2.45, 2.75) is 0 Å². The number of rotatable bonds is 1. The molecule has 0 saturated heterocycles. The van der Waals surface area contributed by atoms with Gasteiger partial charge < -0.3 is 4.74 Å². The Morgan fingerprint density at radius 2 is 2.45 bits per heavy atom. The molecule has 0 radical (unpaired) electrons. The lowest BCUT2D eigenvalue weighted by Crippen LogP contribution is -2.04. The summed E-state index contributed by atoms with van der Waals surface area (Å²) >= 11 is 5.63. The molecule has 0 unspecified atom stereocenters. The van der Waals surface area contributed by atoms with Crippen LogP contribution in [0.15, 0.2) is 18.3 Å². The van der Waals surface area contributed by atoms with Crippen LogP contribution in [0.1, 0.15) is 10.5 Å². The summed E-state index contributed by atoms with van der Waals surface area (Å²) in [6, 6.07) is 3.23. The Hall–Kier alpha value is -1.09. The zero-order chi connectivity index (χ0) is 8.27. The lowest BCUT2D eigenvalue weighted by atomic mass is 10.3. The first kappa shape index (κ1) is 8.01. The van der Waals surface area contributed by atoms with E-state index in [0.29, 0.717) is 5.02 Å². The molecule has 58 valence electrons. The molecule has 0 aliphatic carbocycles. The highest BCUT2D eigenvalue weighted by Crippen LogP contribution is 2.12. The number of pyridine rings is 1. The van der Waals surface area contributed by atoms with Gasteiger partial charge in [-0.25, -0.2) is 9.78 Å². The third-order valence-corrected chi connectivity index (χ3v) is 1.44. The SMILES string of the molecule is COC(=O)c1ncccc1Cl. The molecule has 1 aromatic heterocycles. The summed E-state index contributed by atoms with van der Waals surface area (Å²) in [7, 11) is 1.29. The highest BCUT2D eigenvalue weighted by Gasteiger charge is 2.09. The number of hydrogen-bond donors (Lipinski definition) is 0. The van der Waals surface area contributed by atoms with Crippen LogP contribution < -0.4 is 0 Å². The van der Waals surface area contributed by atoms with Crippen molar-refractivity contribution in [3.8, 4) is 0 Å². The van der Waals surface area contributed by atoms with E-state index in [1.165, 1.54) is 13.3 Å². The van der Waals surface area contributed by atoms with Crippen molar-refractivity contribution in [1.29, 1.82) is 0 Å². The first-order valence-electron chi connectivity index (χ1n) is 2.94. The van der Waals surface area contributed by atoms with E-state index >= 15 is 0 Å². The molecular formula is C7H6ClNO2. The molecule has 0 saturated carbocycles. The summed E-state index contributed by atoms with van der Waals surface area (Å²) in [4.78, 5) is 14.6. The van der Waals surface area contributed by atoms with Gasteiger partial charge in [-0.15, -0.1) is 0 Å². The van der Waals surface area contributed by atoms with Crippen LogP contribution in [-0.4, -0.2) is 18.1 Å². The van der Waals surface area contributed by atoms with Crippen molar-refractivity contribution in [2.75, 3.05) is 7.11 Å². The minimum atomic E-state index is -0.518. The monoisotopic (exact) mass is 171 g/mol. The van der Waals surface area contributed by atoms with Crippen molar-refractivity contribution < 1.29 is 9.53 Å². The Bertz CT molecular complexity index is 275. The van der Waals surface area contributed by atoms with Crippen molar-refractivity contribution in [2.24, 2.45) is 0 Å². The van der Waals surface area contributed by atoms with Crippen LogP contribution >= 0.6 is 11.6 Å². The molecule has 0 bridgehead atoms. The van der Waals surface area contributed by atoms with Gasteiger partial charge in [0, 0.05) is 6.20 Å². The smallest absolute Gasteiger partial charge is 0.358 e. The van der Waals surface area contributed by atoms with E-state index in [-0.39, 0.29) is 5.69 Å². The third kappa shape index (κ3) is 1.68. The number of carbonyl (C=O) groups excluding carboxylic acids is 1. The van der Waals surface area contributed by atoms with Gasteiger partial charge >= 0.3 is 5.97 Å². The number of hydrogen-bond acceptors (Lipinski definition) is 3. The van der Waals surface area contributed by atoms with E-state index in [9.17, 15) is 4.79 Å². The number of methoxy groups -OCH3 is 1. The predicted molar refractivity (Wildman–Crippen MR) is 40.6 cm³/mol. The van der Waals surface area contributed by atoms with Crippen molar-refractivity contribution in [1.82, 2.24) is 4.98 Å². The van der Waals surface area contributed by atoms with Crippen LogP contribution in [0, 0.1) is 0 Å². The largest absolute Gasteiger partial charge is 0.464 e. The lowest BCUT2D eigenvalue weighted by Gasteiger charge is -1.98. The van der Waals surface area contributed by atoms with E-state index in [2.05, 4.69) is 9.72 Å². The standard InChI is InChI=1S/C7H6ClNO2/c1-11-7(10)6-5(8)3-2-4-9-6/h2-4H,1H3. The number of aromatic nitrogens is 1. The van der Waals surface area contributed by atoms with Gasteiger partial charge in [0.2, 0.25) is 0 Å². The molecule has 0 aromatic carbocycles. The molecule has 0 aliphatic heterocycles. The third-order valence-electron chi connectivity index (χ3n) is 1.14. The molecule has 3 nitrogen and oxygen atoms in total.